The fourth-order valence-electron chi connectivity index (χ4n) is 1.28. The Morgan fingerprint density at radius 1 is 1.29 bits per heavy atom. The average Bonchev–Trinajstić information content (AvgIpc) is 2.34. The third kappa shape index (κ3) is 2.93. The summed E-state index contributed by atoms with van der Waals surface area (Å²) >= 11 is 5.62. The zero-order valence-corrected chi connectivity index (χ0v) is 9.49. The normalized spacial score (nSPS) is 10.3. The Labute approximate surface area is 102 Å². The number of aromatic nitrogens is 1. The molecule has 1 heterocycles. The summed E-state index contributed by atoms with van der Waals surface area (Å²) in [6, 6.07) is 7.40. The van der Waals surface area contributed by atoms with Crippen LogP contribution >= 0.6 is 11.6 Å². The number of aliphatic hydroxyl groups is 1. The first-order valence-corrected chi connectivity index (χ1v) is 5.25. The lowest BCUT2D eigenvalue weighted by Gasteiger charge is -2.07. The van der Waals surface area contributed by atoms with Crippen molar-refractivity contribution >= 4 is 11.6 Å². The second-order valence-electron chi connectivity index (χ2n) is 3.34. The molecule has 0 spiro atoms. The molecular formula is C12H9ClFNO2. The van der Waals surface area contributed by atoms with Crippen LogP contribution < -0.4 is 4.74 Å². The molecule has 0 aliphatic rings. The minimum Gasteiger partial charge on any atom is -0.453 e. The third-order valence-electron chi connectivity index (χ3n) is 2.11. The number of pyridine rings is 1. The number of hydrogen-bond donors (Lipinski definition) is 1. The van der Waals surface area contributed by atoms with Crippen LogP contribution in [0.3, 0.4) is 0 Å². The van der Waals surface area contributed by atoms with Crippen LogP contribution in [-0.4, -0.2) is 10.1 Å². The van der Waals surface area contributed by atoms with E-state index >= 15 is 0 Å². The first kappa shape index (κ1) is 11.8. The molecule has 0 aliphatic heterocycles. The van der Waals surface area contributed by atoms with E-state index in [0.29, 0.717) is 16.5 Å². The van der Waals surface area contributed by atoms with E-state index in [-0.39, 0.29) is 12.4 Å². The van der Waals surface area contributed by atoms with Gasteiger partial charge in [0, 0.05) is 0 Å². The largest absolute Gasteiger partial charge is 0.453 e. The number of benzene rings is 1. The summed E-state index contributed by atoms with van der Waals surface area (Å²) in [5.41, 5.74) is 0.490. The second kappa shape index (κ2) is 5.12. The molecule has 5 heteroatoms. The number of hydrogen-bond acceptors (Lipinski definition) is 3. The Balaban J connectivity index is 2.21. The zero-order chi connectivity index (χ0) is 12.3. The summed E-state index contributed by atoms with van der Waals surface area (Å²) in [6.45, 7) is -0.209. The molecule has 2 aromatic rings. The smallest absolute Gasteiger partial charge is 0.166 e. The summed E-state index contributed by atoms with van der Waals surface area (Å²) in [5.74, 6) is -0.0668. The van der Waals surface area contributed by atoms with Gasteiger partial charge in [0.2, 0.25) is 0 Å². The van der Waals surface area contributed by atoms with Crippen LogP contribution in [0, 0.1) is 5.82 Å². The van der Waals surface area contributed by atoms with Crippen LogP contribution in [-0.2, 0) is 6.61 Å². The Hall–Kier alpha value is -1.65. The van der Waals surface area contributed by atoms with Gasteiger partial charge in [0.05, 0.1) is 12.8 Å². The van der Waals surface area contributed by atoms with Crippen molar-refractivity contribution in [3.05, 3.63) is 53.1 Å². The highest BCUT2D eigenvalue weighted by Crippen LogP contribution is 2.25. The summed E-state index contributed by atoms with van der Waals surface area (Å²) < 4.78 is 18.8. The van der Waals surface area contributed by atoms with Gasteiger partial charge in [-0.25, -0.2) is 9.37 Å². The van der Waals surface area contributed by atoms with Crippen molar-refractivity contribution in [2.45, 2.75) is 6.61 Å². The Morgan fingerprint density at radius 3 is 2.71 bits per heavy atom. The maximum atomic E-state index is 13.5. The van der Waals surface area contributed by atoms with Gasteiger partial charge < -0.3 is 9.84 Å². The molecule has 3 nitrogen and oxygen atoms in total. The Bertz CT molecular complexity index is 516. The number of nitrogens with zero attached hydrogens (tertiary/aromatic N) is 1. The van der Waals surface area contributed by atoms with E-state index in [9.17, 15) is 4.39 Å². The lowest BCUT2D eigenvalue weighted by molar-refractivity contribution is 0.281. The van der Waals surface area contributed by atoms with Crippen molar-refractivity contribution < 1.29 is 14.2 Å². The van der Waals surface area contributed by atoms with E-state index in [4.69, 9.17) is 21.4 Å². The van der Waals surface area contributed by atoms with Crippen LogP contribution in [0.25, 0.3) is 0 Å². The van der Waals surface area contributed by atoms with Crippen LogP contribution in [0.1, 0.15) is 5.56 Å². The predicted octanol–water partition coefficient (Wildman–Crippen LogP) is 3.16. The summed E-state index contributed by atoms with van der Waals surface area (Å²) in [6.07, 6.45) is 1.40. The maximum absolute atomic E-state index is 13.5. The Kier molecular flexibility index (Phi) is 3.56. The van der Waals surface area contributed by atoms with E-state index in [0.717, 1.165) is 0 Å². The van der Waals surface area contributed by atoms with Gasteiger partial charge in [0.1, 0.15) is 10.9 Å². The highest BCUT2D eigenvalue weighted by atomic mass is 35.5. The zero-order valence-electron chi connectivity index (χ0n) is 8.73. The minimum atomic E-state index is -0.536. The molecule has 0 radical (unpaired) electrons. The van der Waals surface area contributed by atoms with E-state index in [1.54, 1.807) is 18.2 Å². The molecule has 1 aromatic carbocycles. The molecule has 0 saturated heterocycles. The van der Waals surface area contributed by atoms with E-state index in [1.165, 1.54) is 18.3 Å². The van der Waals surface area contributed by atoms with Gasteiger partial charge in [-0.05, 0) is 29.8 Å². The maximum Gasteiger partial charge on any atom is 0.166 e. The highest BCUT2D eigenvalue weighted by molar-refractivity contribution is 6.29. The Morgan fingerprint density at radius 2 is 2.12 bits per heavy atom. The first-order valence-electron chi connectivity index (χ1n) is 4.88. The van der Waals surface area contributed by atoms with E-state index in [2.05, 4.69) is 4.98 Å². The fourth-order valence-corrected chi connectivity index (χ4v) is 1.39. The van der Waals surface area contributed by atoms with Crippen molar-refractivity contribution in [1.82, 2.24) is 4.98 Å². The van der Waals surface area contributed by atoms with Crippen molar-refractivity contribution in [1.29, 1.82) is 0 Å². The molecular weight excluding hydrogens is 245 g/mol. The summed E-state index contributed by atoms with van der Waals surface area (Å²) in [7, 11) is 0. The minimum absolute atomic E-state index is 0.0753. The lowest BCUT2D eigenvalue weighted by Crippen LogP contribution is -1.91. The first-order chi connectivity index (χ1) is 8.19. The van der Waals surface area contributed by atoms with Crippen molar-refractivity contribution in [3.63, 3.8) is 0 Å². The summed E-state index contributed by atoms with van der Waals surface area (Å²) in [5, 5.41) is 9.18. The summed E-state index contributed by atoms with van der Waals surface area (Å²) in [4.78, 5) is 3.82. The standard InChI is InChI=1S/C12H9ClFNO2/c13-12-4-2-9(6-15-12)17-11-3-1-8(7-16)5-10(11)14/h1-6,16H,7H2. The van der Waals surface area contributed by atoms with Gasteiger partial charge in [-0.1, -0.05) is 17.7 Å². The SMILES string of the molecule is OCc1ccc(Oc2ccc(Cl)nc2)c(F)c1. The molecule has 2 rings (SSSR count). The van der Waals surface area contributed by atoms with Crippen LogP contribution in [0.2, 0.25) is 5.15 Å². The predicted molar refractivity (Wildman–Crippen MR) is 61.6 cm³/mol. The third-order valence-corrected chi connectivity index (χ3v) is 2.33. The number of ether oxygens (including phenoxy) is 1. The van der Waals surface area contributed by atoms with E-state index in [1.807, 2.05) is 0 Å². The molecule has 0 atom stereocenters. The van der Waals surface area contributed by atoms with Gasteiger partial charge in [-0.2, -0.15) is 0 Å². The molecule has 0 fully saturated rings. The number of halogens is 2. The molecule has 0 bridgehead atoms. The van der Waals surface area contributed by atoms with E-state index < -0.39 is 5.82 Å². The molecule has 0 amide bonds. The van der Waals surface area contributed by atoms with Crippen molar-refractivity contribution in [2.24, 2.45) is 0 Å². The molecule has 0 aliphatic carbocycles. The lowest BCUT2D eigenvalue weighted by atomic mass is 10.2. The van der Waals surface area contributed by atoms with Crippen LogP contribution in [0.4, 0.5) is 4.39 Å². The molecule has 17 heavy (non-hydrogen) atoms. The molecule has 88 valence electrons. The molecule has 1 aromatic heterocycles. The number of rotatable bonds is 3. The van der Waals surface area contributed by atoms with Crippen LogP contribution in [0.15, 0.2) is 36.5 Å². The molecule has 0 saturated carbocycles. The van der Waals surface area contributed by atoms with Gasteiger partial charge in [0.25, 0.3) is 0 Å². The van der Waals surface area contributed by atoms with Crippen LogP contribution in [0.5, 0.6) is 11.5 Å². The molecule has 0 unspecified atom stereocenters. The number of aliphatic hydroxyl groups excluding tert-OH is 1. The fraction of sp³-hybridized carbons (Fsp3) is 0.0833. The van der Waals surface area contributed by atoms with Crippen molar-refractivity contribution in [2.75, 3.05) is 0 Å². The van der Waals surface area contributed by atoms with Gasteiger partial charge in [-0.3, -0.25) is 0 Å². The quantitative estimate of drug-likeness (QED) is 0.855. The topological polar surface area (TPSA) is 42.4 Å². The monoisotopic (exact) mass is 253 g/mol. The molecule has 1 N–H and O–H groups in total. The van der Waals surface area contributed by atoms with Crippen molar-refractivity contribution in [3.8, 4) is 11.5 Å². The second-order valence-corrected chi connectivity index (χ2v) is 3.73. The van der Waals surface area contributed by atoms with Gasteiger partial charge in [-0.15, -0.1) is 0 Å². The van der Waals surface area contributed by atoms with Gasteiger partial charge >= 0.3 is 0 Å². The highest BCUT2D eigenvalue weighted by Gasteiger charge is 2.06. The van der Waals surface area contributed by atoms with Gasteiger partial charge in [0.15, 0.2) is 11.6 Å². The average molecular weight is 254 g/mol.